The highest BCUT2D eigenvalue weighted by Crippen LogP contribution is 2.39. The van der Waals surface area contributed by atoms with Crippen LogP contribution in [0.25, 0.3) is 0 Å². The fraction of sp³-hybridized carbons (Fsp3) is 0.375. The lowest BCUT2D eigenvalue weighted by atomic mass is 10.00. The molecule has 3 rings (SSSR count). The van der Waals surface area contributed by atoms with Crippen molar-refractivity contribution < 1.29 is 13.2 Å². The van der Waals surface area contributed by atoms with Crippen LogP contribution in [-0.2, 0) is 6.18 Å². The predicted octanol–water partition coefficient (Wildman–Crippen LogP) is 4.84. The zero-order valence-corrected chi connectivity index (χ0v) is 15.0. The Labute approximate surface area is 154 Å². The van der Waals surface area contributed by atoms with Crippen molar-refractivity contribution in [1.29, 1.82) is 0 Å². The number of nitrogens with one attached hydrogen (secondary N) is 1. The molecule has 1 N–H and O–H groups in total. The molecule has 0 spiro atoms. The minimum Gasteiger partial charge on any atom is -0.314 e. The van der Waals surface area contributed by atoms with Gasteiger partial charge in [0.2, 0.25) is 0 Å². The van der Waals surface area contributed by atoms with E-state index in [0.717, 1.165) is 37.1 Å². The van der Waals surface area contributed by atoms with Crippen molar-refractivity contribution in [3.05, 3.63) is 56.7 Å². The summed E-state index contributed by atoms with van der Waals surface area (Å²) in [6.07, 6.45) is -4.37. The first-order chi connectivity index (χ1) is 11.0. The molecule has 1 aromatic heterocycles. The molecule has 0 amide bonds. The number of alkyl halides is 3. The zero-order valence-electron chi connectivity index (χ0n) is 12.6. The van der Waals surface area contributed by atoms with Crippen LogP contribution in [0.3, 0.4) is 0 Å². The van der Waals surface area contributed by atoms with Crippen molar-refractivity contribution in [2.45, 2.75) is 12.2 Å². The van der Waals surface area contributed by atoms with Crippen LogP contribution in [0.2, 0.25) is 5.02 Å². The van der Waals surface area contributed by atoms with Crippen molar-refractivity contribution >= 4 is 35.3 Å². The average Bonchev–Trinajstić information content (AvgIpc) is 3.03. The summed E-state index contributed by atoms with van der Waals surface area (Å²) in [4.78, 5) is 3.19. The summed E-state index contributed by atoms with van der Waals surface area (Å²) in [5.74, 6) is 0. The van der Waals surface area contributed by atoms with Gasteiger partial charge in [0.1, 0.15) is 0 Å². The summed E-state index contributed by atoms with van der Waals surface area (Å²) < 4.78 is 39.3. The second kappa shape index (κ2) is 8.06. The molecule has 0 radical (unpaired) electrons. The summed E-state index contributed by atoms with van der Waals surface area (Å²) in [7, 11) is 0. The molecule has 2 nitrogen and oxygen atoms in total. The summed E-state index contributed by atoms with van der Waals surface area (Å²) in [6.45, 7) is 3.18. The topological polar surface area (TPSA) is 15.3 Å². The Morgan fingerprint density at radius 2 is 1.88 bits per heavy atom. The average molecular weight is 397 g/mol. The SMILES string of the molecule is Cl.FC(F)(F)c1ccc(Cl)c([C@H](c2cccs2)N2CCNCC2)c1. The van der Waals surface area contributed by atoms with E-state index in [2.05, 4.69) is 10.2 Å². The van der Waals surface area contributed by atoms with Gasteiger partial charge in [0.15, 0.2) is 0 Å². The third kappa shape index (κ3) is 4.24. The summed E-state index contributed by atoms with van der Waals surface area (Å²) in [5, 5.41) is 5.57. The largest absolute Gasteiger partial charge is 0.416 e. The van der Waals surface area contributed by atoms with Gasteiger partial charge in [0, 0.05) is 36.1 Å². The highest BCUT2D eigenvalue weighted by atomic mass is 35.5. The normalized spacial score (nSPS) is 17.3. The fourth-order valence-corrected chi connectivity index (χ4v) is 3.94. The van der Waals surface area contributed by atoms with E-state index in [0.29, 0.717) is 10.6 Å². The van der Waals surface area contributed by atoms with Crippen LogP contribution in [0.5, 0.6) is 0 Å². The van der Waals surface area contributed by atoms with E-state index in [-0.39, 0.29) is 18.4 Å². The highest BCUT2D eigenvalue weighted by Gasteiger charge is 2.33. The second-order valence-corrected chi connectivity index (χ2v) is 6.82. The van der Waals surface area contributed by atoms with Crippen LogP contribution in [0.15, 0.2) is 35.7 Å². The van der Waals surface area contributed by atoms with Crippen molar-refractivity contribution in [2.75, 3.05) is 26.2 Å². The number of halogens is 5. The number of rotatable bonds is 3. The Morgan fingerprint density at radius 3 is 2.46 bits per heavy atom. The lowest BCUT2D eigenvalue weighted by Crippen LogP contribution is -2.45. The van der Waals surface area contributed by atoms with Crippen LogP contribution in [0.4, 0.5) is 13.2 Å². The van der Waals surface area contributed by atoms with Gasteiger partial charge in [-0.2, -0.15) is 13.2 Å². The van der Waals surface area contributed by atoms with Crippen molar-refractivity contribution in [1.82, 2.24) is 10.2 Å². The molecule has 2 aromatic rings. The van der Waals surface area contributed by atoms with Crippen molar-refractivity contribution in [3.63, 3.8) is 0 Å². The number of benzene rings is 1. The monoisotopic (exact) mass is 396 g/mol. The van der Waals surface area contributed by atoms with E-state index in [9.17, 15) is 13.2 Å². The molecule has 1 atom stereocenters. The molecule has 0 bridgehead atoms. The molecule has 1 aliphatic heterocycles. The summed E-state index contributed by atoms with van der Waals surface area (Å²) in [5.41, 5.74) is -0.139. The van der Waals surface area contributed by atoms with Crippen LogP contribution < -0.4 is 5.32 Å². The maximum absolute atomic E-state index is 13.1. The summed E-state index contributed by atoms with van der Waals surface area (Å²) >= 11 is 7.81. The minimum atomic E-state index is -4.37. The highest BCUT2D eigenvalue weighted by molar-refractivity contribution is 7.10. The Hall–Kier alpha value is -0.790. The van der Waals surface area contributed by atoms with Gasteiger partial charge in [0.25, 0.3) is 0 Å². The van der Waals surface area contributed by atoms with E-state index in [1.165, 1.54) is 23.5 Å². The molecule has 0 saturated carbocycles. The molecular weight excluding hydrogens is 380 g/mol. The molecule has 24 heavy (non-hydrogen) atoms. The van der Waals surface area contributed by atoms with E-state index in [1.54, 1.807) is 0 Å². The molecule has 1 aliphatic rings. The lowest BCUT2D eigenvalue weighted by molar-refractivity contribution is -0.137. The first-order valence-electron chi connectivity index (χ1n) is 7.31. The molecule has 2 heterocycles. The Bertz CT molecular complexity index is 656. The second-order valence-electron chi connectivity index (χ2n) is 5.44. The van der Waals surface area contributed by atoms with Gasteiger partial charge < -0.3 is 5.32 Å². The van der Waals surface area contributed by atoms with Crippen LogP contribution in [0.1, 0.15) is 22.0 Å². The van der Waals surface area contributed by atoms with E-state index in [4.69, 9.17) is 11.6 Å². The van der Waals surface area contributed by atoms with Gasteiger partial charge in [-0.05, 0) is 35.2 Å². The third-order valence-corrected chi connectivity index (χ3v) is 5.22. The van der Waals surface area contributed by atoms with E-state index >= 15 is 0 Å². The van der Waals surface area contributed by atoms with Crippen LogP contribution in [0, 0.1) is 0 Å². The molecular formula is C16H17Cl2F3N2S. The van der Waals surface area contributed by atoms with Crippen LogP contribution >= 0.6 is 35.3 Å². The van der Waals surface area contributed by atoms with Gasteiger partial charge in [-0.1, -0.05) is 17.7 Å². The predicted molar refractivity (Wildman–Crippen MR) is 94.3 cm³/mol. The first-order valence-corrected chi connectivity index (χ1v) is 8.57. The van der Waals surface area contributed by atoms with Gasteiger partial charge in [-0.3, -0.25) is 4.90 Å². The van der Waals surface area contributed by atoms with Gasteiger partial charge in [-0.15, -0.1) is 23.7 Å². The maximum Gasteiger partial charge on any atom is 0.416 e. The fourth-order valence-electron chi connectivity index (χ4n) is 2.85. The molecule has 8 heteroatoms. The van der Waals surface area contributed by atoms with Gasteiger partial charge in [0.05, 0.1) is 11.6 Å². The van der Waals surface area contributed by atoms with Crippen molar-refractivity contribution in [2.24, 2.45) is 0 Å². The Balaban J connectivity index is 0.00000208. The number of hydrogen-bond acceptors (Lipinski definition) is 3. The van der Waals surface area contributed by atoms with Gasteiger partial charge >= 0.3 is 6.18 Å². The number of nitrogens with zero attached hydrogens (tertiary/aromatic N) is 1. The molecule has 1 fully saturated rings. The lowest BCUT2D eigenvalue weighted by Gasteiger charge is -2.35. The van der Waals surface area contributed by atoms with Crippen molar-refractivity contribution in [3.8, 4) is 0 Å². The minimum absolute atomic E-state index is 0. The molecule has 0 aliphatic carbocycles. The summed E-state index contributed by atoms with van der Waals surface area (Å²) in [6, 6.07) is 7.20. The molecule has 132 valence electrons. The molecule has 1 aromatic carbocycles. The molecule has 0 unspecified atom stereocenters. The quantitative estimate of drug-likeness (QED) is 0.798. The number of hydrogen-bond donors (Lipinski definition) is 1. The number of thiophene rings is 1. The molecule has 1 saturated heterocycles. The van der Waals surface area contributed by atoms with E-state index < -0.39 is 11.7 Å². The Morgan fingerprint density at radius 1 is 1.17 bits per heavy atom. The Kier molecular flexibility index (Phi) is 6.56. The first kappa shape index (κ1) is 19.5. The zero-order chi connectivity index (χ0) is 16.4. The number of piperazine rings is 1. The van der Waals surface area contributed by atoms with Crippen LogP contribution in [-0.4, -0.2) is 31.1 Å². The van der Waals surface area contributed by atoms with E-state index in [1.807, 2.05) is 17.5 Å². The van der Waals surface area contributed by atoms with Gasteiger partial charge in [-0.25, -0.2) is 0 Å². The standard InChI is InChI=1S/C16H16ClF3N2S.ClH/c17-13-4-3-11(16(18,19)20)10-12(13)15(14-2-1-9-23-14)22-7-5-21-6-8-22;/h1-4,9-10,15,21H,5-8H2;1H/t15-;/m1./s1. The third-order valence-electron chi connectivity index (χ3n) is 3.95. The smallest absolute Gasteiger partial charge is 0.314 e. The maximum atomic E-state index is 13.1.